The molecule has 0 spiro atoms. The molecular weight excluding hydrogens is 683 g/mol. The summed E-state index contributed by atoms with van der Waals surface area (Å²) in [5, 5.41) is 13.2. The number of hydrogen-bond acceptors (Lipinski definition) is 9. The molecule has 2 fully saturated rings. The van der Waals surface area contributed by atoms with E-state index < -0.39 is 10.8 Å². The number of ketones is 2. The van der Waals surface area contributed by atoms with Gasteiger partial charge in [0, 0.05) is 48.3 Å². The van der Waals surface area contributed by atoms with Crippen LogP contribution in [0.3, 0.4) is 0 Å². The molecule has 0 unspecified atom stereocenters. The summed E-state index contributed by atoms with van der Waals surface area (Å²) in [6.07, 6.45) is 9.11. The van der Waals surface area contributed by atoms with Gasteiger partial charge in [-0.2, -0.15) is 5.26 Å². The number of piperidine rings is 2. The van der Waals surface area contributed by atoms with Gasteiger partial charge in [0.1, 0.15) is 28.7 Å². The van der Waals surface area contributed by atoms with Gasteiger partial charge in [-0.25, -0.2) is 24.8 Å². The van der Waals surface area contributed by atoms with Gasteiger partial charge in [0.15, 0.2) is 11.6 Å². The molecule has 13 heteroatoms. The van der Waals surface area contributed by atoms with Crippen molar-refractivity contribution in [2.75, 3.05) is 31.1 Å². The van der Waals surface area contributed by atoms with Crippen molar-refractivity contribution in [1.82, 2.24) is 25.3 Å². The van der Waals surface area contributed by atoms with E-state index in [0.717, 1.165) is 50.7 Å². The summed E-state index contributed by atoms with van der Waals surface area (Å²) in [5.41, 5.74) is -0.523. The van der Waals surface area contributed by atoms with E-state index >= 15 is 0 Å². The minimum atomic E-state index is -0.498. The Labute approximate surface area is 307 Å². The second kappa shape index (κ2) is 16.1. The maximum Gasteiger partial charge on any atom is 0.226 e. The van der Waals surface area contributed by atoms with Crippen molar-refractivity contribution in [3.05, 3.63) is 76.2 Å². The van der Waals surface area contributed by atoms with Crippen LogP contribution < -0.4 is 10.2 Å². The fraction of sp³-hybridized carbons (Fsp3) is 0.556. The molecule has 2 aromatic heterocycles. The number of aromatic nitrogens is 4. The summed E-state index contributed by atoms with van der Waals surface area (Å²) in [6.45, 7) is 26.5. The first-order valence-electron chi connectivity index (χ1n) is 16.0. The summed E-state index contributed by atoms with van der Waals surface area (Å²) in [7, 11) is 0. The normalized spacial score (nSPS) is 27.5. The van der Waals surface area contributed by atoms with Crippen molar-refractivity contribution in [3.8, 4) is 6.07 Å². The maximum absolute atomic E-state index is 12.5. The van der Waals surface area contributed by atoms with Crippen molar-refractivity contribution < 1.29 is 9.59 Å². The Bertz CT molecular complexity index is 1680. The zero-order valence-electron chi connectivity index (χ0n) is 29.5. The van der Waals surface area contributed by atoms with Gasteiger partial charge < -0.3 is 15.0 Å². The van der Waals surface area contributed by atoms with Gasteiger partial charge in [0.25, 0.3) is 0 Å². The van der Waals surface area contributed by atoms with Crippen molar-refractivity contribution in [1.29, 1.82) is 5.26 Å². The number of allylic oxidation sites excluding steroid dienone is 2. The number of carbonyl (C=O) groups is 2. The number of nitriles is 1. The highest BCUT2D eigenvalue weighted by Gasteiger charge is 2.54. The Kier molecular flexibility index (Phi) is 13.7. The minimum Gasteiger partial charge on any atom is -0.356 e. The van der Waals surface area contributed by atoms with Crippen LogP contribution >= 0.6 is 36.4 Å². The predicted molar refractivity (Wildman–Crippen MR) is 197 cm³/mol. The molecular formula is C36H47Cl3N8O2. The third-order valence-electron chi connectivity index (χ3n) is 10.3. The van der Waals surface area contributed by atoms with Crippen LogP contribution in [-0.4, -0.2) is 57.7 Å². The molecule has 2 aromatic rings. The number of carbonyl (C=O) groups excluding carboxylic acids is 2. The van der Waals surface area contributed by atoms with Gasteiger partial charge in [-0.15, -0.1) is 24.8 Å². The van der Waals surface area contributed by atoms with Crippen molar-refractivity contribution in [3.63, 3.8) is 0 Å². The molecule has 2 aliphatic heterocycles. The molecule has 2 aliphatic carbocycles. The van der Waals surface area contributed by atoms with Crippen LogP contribution in [-0.2, 0) is 9.59 Å². The number of rotatable bonds is 1. The molecule has 264 valence electrons. The van der Waals surface area contributed by atoms with Gasteiger partial charge in [-0.05, 0) is 62.6 Å². The average molecular weight is 730 g/mol. The number of fused-ring (bicyclic) bond motifs is 2. The number of nitrogens with one attached hydrogen (secondary N) is 1. The number of halogens is 3. The topological polar surface area (TPSA) is 129 Å². The fourth-order valence-electron chi connectivity index (χ4n) is 8.12. The lowest BCUT2D eigenvalue weighted by Gasteiger charge is -2.53. The van der Waals surface area contributed by atoms with Gasteiger partial charge in [0.05, 0.1) is 12.1 Å². The lowest BCUT2D eigenvalue weighted by atomic mass is 9.55. The average Bonchev–Trinajstić information content (AvgIpc) is 3.01. The van der Waals surface area contributed by atoms with E-state index in [0.29, 0.717) is 28.2 Å². The zero-order chi connectivity index (χ0) is 34.8. The van der Waals surface area contributed by atoms with Crippen LogP contribution in [0.1, 0.15) is 66.0 Å². The van der Waals surface area contributed by atoms with E-state index in [2.05, 4.69) is 54.9 Å². The summed E-state index contributed by atoms with van der Waals surface area (Å²) >= 11 is 5.49. The summed E-state index contributed by atoms with van der Waals surface area (Å²) in [5.74, 6) is 2.96. The highest BCUT2D eigenvalue weighted by Crippen LogP contribution is 2.53. The van der Waals surface area contributed by atoms with Gasteiger partial charge in [-0.3, -0.25) is 4.79 Å². The van der Waals surface area contributed by atoms with Crippen molar-refractivity contribution in [2.24, 2.45) is 33.5 Å². The van der Waals surface area contributed by atoms with E-state index in [9.17, 15) is 14.9 Å². The van der Waals surface area contributed by atoms with Crippen LogP contribution in [0, 0.1) is 65.2 Å². The second-order valence-electron chi connectivity index (χ2n) is 14.6. The number of anilines is 1. The largest absolute Gasteiger partial charge is 0.356 e. The van der Waals surface area contributed by atoms with Crippen LogP contribution in [0.25, 0.3) is 4.85 Å². The molecule has 2 saturated heterocycles. The summed E-state index contributed by atoms with van der Waals surface area (Å²) in [6, 6.07) is 5.67. The number of aryl methyl sites for hydroxylation is 2. The first-order chi connectivity index (χ1) is 22.0. The highest BCUT2D eigenvalue weighted by atomic mass is 35.5. The first-order valence-corrected chi connectivity index (χ1v) is 16.4. The second-order valence-corrected chi connectivity index (χ2v) is 15.0. The third-order valence-corrected chi connectivity index (χ3v) is 10.5. The lowest BCUT2D eigenvalue weighted by molar-refractivity contribution is -0.130. The zero-order valence-corrected chi connectivity index (χ0v) is 31.9. The van der Waals surface area contributed by atoms with E-state index in [1.165, 1.54) is 0 Å². The Morgan fingerprint density at radius 1 is 0.918 bits per heavy atom. The van der Waals surface area contributed by atoms with Crippen molar-refractivity contribution in [2.45, 2.75) is 68.2 Å². The Hall–Kier alpha value is -3.41. The van der Waals surface area contributed by atoms with E-state index in [4.69, 9.17) is 18.2 Å². The van der Waals surface area contributed by atoms with E-state index in [1.54, 1.807) is 25.4 Å². The summed E-state index contributed by atoms with van der Waals surface area (Å²) in [4.78, 5) is 46.7. The number of nitrogens with zero attached hydrogens (tertiary/aromatic N) is 7. The monoisotopic (exact) mass is 728 g/mol. The molecule has 0 aromatic carbocycles. The molecule has 4 atom stereocenters. The molecule has 0 amide bonds. The van der Waals surface area contributed by atoms with Gasteiger partial charge >= 0.3 is 0 Å². The Balaban J connectivity index is 0.000000279. The number of hydrogen-bond donors (Lipinski definition) is 1. The molecule has 6 rings (SSSR count). The third kappa shape index (κ3) is 8.67. The molecule has 4 heterocycles. The molecule has 4 aliphatic rings. The van der Waals surface area contributed by atoms with Crippen LogP contribution in [0.15, 0.2) is 47.9 Å². The first kappa shape index (κ1) is 41.8. The van der Waals surface area contributed by atoms with Crippen LogP contribution in [0.2, 0.25) is 5.15 Å². The molecule has 10 nitrogen and oxygen atoms in total. The predicted octanol–water partition coefficient (Wildman–Crippen LogP) is 6.97. The standard InChI is InChI=1S/C18H22N4O.C13H18N2O.C5H5ClN2.2ClH/c1-12-20-7-5-15(21-12)22-8-6-14-17(2,3)16(23)13(10-19)9-18(14,4)11-22;1-12(2)10-5-6-15-8-13(10,3)7-9(14-4)11(12)16;1-4-7-3-2-5(6)8-4;;/h5,7,9,14H,6,8,11H2,1-4H3;7,10,15H,5-6,8H2,1-3H3;2-3H,1H3;2*1H/t14-,18+;10-,13+;;;/m11.../s1. The fourth-order valence-corrected chi connectivity index (χ4v) is 8.29. The lowest BCUT2D eigenvalue weighted by Crippen LogP contribution is -2.56. The van der Waals surface area contributed by atoms with E-state index in [-0.39, 0.29) is 53.1 Å². The Morgan fingerprint density at radius 2 is 1.51 bits per heavy atom. The number of Topliss-reactive ketones (excluding diaryl/α,β-unsaturated/α-hetero) is 2. The van der Waals surface area contributed by atoms with Gasteiger partial charge in [0.2, 0.25) is 5.70 Å². The molecule has 49 heavy (non-hydrogen) atoms. The molecule has 0 bridgehead atoms. The molecule has 0 radical (unpaired) electrons. The quantitative estimate of drug-likeness (QED) is 0.244. The van der Waals surface area contributed by atoms with Crippen molar-refractivity contribution >= 4 is 53.8 Å². The molecule has 0 saturated carbocycles. The minimum absolute atomic E-state index is 0. The molecule has 1 N–H and O–H groups in total. The van der Waals surface area contributed by atoms with Gasteiger partial charge in [-0.1, -0.05) is 65.3 Å². The highest BCUT2D eigenvalue weighted by molar-refractivity contribution is 6.29. The van der Waals surface area contributed by atoms with E-state index in [1.807, 2.05) is 52.8 Å². The smallest absolute Gasteiger partial charge is 0.226 e. The van der Waals surface area contributed by atoms with Crippen LogP contribution in [0.5, 0.6) is 0 Å². The van der Waals surface area contributed by atoms with Crippen LogP contribution in [0.4, 0.5) is 5.82 Å². The summed E-state index contributed by atoms with van der Waals surface area (Å²) < 4.78 is 0. The Morgan fingerprint density at radius 3 is 2.06 bits per heavy atom. The SMILES string of the molecule is Cc1nccc(Cl)n1.Cc1nccc(N2CC[C@@H]3C(C)(C)C(=O)C(C#N)=C[C@@]3(C)C2)n1.Cl.Cl.[C-]#[N+]C1=C[C@@]2(C)CNCC[C@@H]2C(C)(C)C1=O. The maximum atomic E-state index is 12.5.